The lowest BCUT2D eigenvalue weighted by Crippen LogP contribution is -2.19. The van der Waals surface area contributed by atoms with Crippen LogP contribution in [0.15, 0.2) is 65.3 Å². The third-order valence-corrected chi connectivity index (χ3v) is 5.47. The van der Waals surface area contributed by atoms with Gasteiger partial charge in [0.05, 0.1) is 16.4 Å². The number of aromatic nitrogens is 3. The molecular formula is C22H19BrClN5O. The molecule has 4 rings (SSSR count). The molecular weight excluding hydrogens is 466 g/mol. The molecule has 0 radical (unpaired) electrons. The van der Waals surface area contributed by atoms with Gasteiger partial charge in [0.2, 0.25) is 5.91 Å². The number of carbonyl (C=O) groups is 1. The summed E-state index contributed by atoms with van der Waals surface area (Å²) < 4.78 is 2.56. The highest BCUT2D eigenvalue weighted by Gasteiger charge is 2.13. The van der Waals surface area contributed by atoms with Gasteiger partial charge in [-0.3, -0.25) is 4.79 Å². The molecule has 0 atom stereocenters. The van der Waals surface area contributed by atoms with Crippen LogP contribution in [0.1, 0.15) is 18.1 Å². The fourth-order valence-electron chi connectivity index (χ4n) is 3.14. The number of hydrogen-bond acceptors (Lipinski definition) is 4. The molecule has 2 aromatic carbocycles. The van der Waals surface area contributed by atoms with Gasteiger partial charge >= 0.3 is 0 Å². The van der Waals surface area contributed by atoms with E-state index in [-0.39, 0.29) is 5.91 Å². The van der Waals surface area contributed by atoms with Crippen LogP contribution < -0.4 is 10.6 Å². The summed E-state index contributed by atoms with van der Waals surface area (Å²) in [4.78, 5) is 15.9. The normalized spacial score (nSPS) is 10.9. The third-order valence-electron chi connectivity index (χ3n) is 4.59. The van der Waals surface area contributed by atoms with Gasteiger partial charge in [-0.1, -0.05) is 54.1 Å². The largest absolute Gasteiger partial charge is 0.366 e. The molecule has 0 saturated carbocycles. The van der Waals surface area contributed by atoms with E-state index in [1.165, 1.54) is 6.92 Å². The van der Waals surface area contributed by atoms with Crippen molar-refractivity contribution in [1.82, 2.24) is 19.9 Å². The minimum absolute atomic E-state index is 0.0472. The first-order valence-corrected chi connectivity index (χ1v) is 10.5. The molecule has 0 fully saturated rings. The monoisotopic (exact) mass is 483 g/mol. The molecule has 6 nitrogen and oxygen atoms in total. The highest BCUT2D eigenvalue weighted by atomic mass is 79.9. The molecule has 30 heavy (non-hydrogen) atoms. The zero-order valence-electron chi connectivity index (χ0n) is 16.2. The average molecular weight is 485 g/mol. The van der Waals surface area contributed by atoms with Gasteiger partial charge in [-0.25, -0.2) is 4.98 Å². The maximum Gasteiger partial charge on any atom is 0.217 e. The van der Waals surface area contributed by atoms with Gasteiger partial charge in [0.15, 0.2) is 5.65 Å². The van der Waals surface area contributed by atoms with Crippen LogP contribution in [0.25, 0.3) is 16.9 Å². The number of nitrogens with zero attached hydrogens (tertiary/aromatic N) is 3. The molecule has 2 heterocycles. The summed E-state index contributed by atoms with van der Waals surface area (Å²) in [6.45, 7) is 2.61. The van der Waals surface area contributed by atoms with Crippen molar-refractivity contribution in [2.24, 2.45) is 0 Å². The molecule has 0 saturated heterocycles. The summed E-state index contributed by atoms with van der Waals surface area (Å²) in [5.74, 6) is 0.752. The number of nitrogens with one attached hydrogen (secondary N) is 2. The molecule has 1 amide bonds. The Bertz CT molecular complexity index is 1220. The van der Waals surface area contributed by atoms with Crippen LogP contribution in [-0.2, 0) is 17.9 Å². The summed E-state index contributed by atoms with van der Waals surface area (Å²) >= 11 is 9.91. The summed E-state index contributed by atoms with van der Waals surface area (Å²) in [6.07, 6.45) is 1.72. The molecule has 0 aliphatic rings. The molecule has 0 aliphatic carbocycles. The topological polar surface area (TPSA) is 71.3 Å². The SMILES string of the molecule is CC(=O)NCc1cccc(CNc2cc(-c3ccccc3Cl)nc3c(Br)cnn23)c1. The van der Waals surface area contributed by atoms with Crippen molar-refractivity contribution in [1.29, 1.82) is 0 Å². The average Bonchev–Trinajstić information content (AvgIpc) is 3.12. The first kappa shape index (κ1) is 20.4. The first-order valence-electron chi connectivity index (χ1n) is 9.36. The Morgan fingerprint density at radius 3 is 2.63 bits per heavy atom. The van der Waals surface area contributed by atoms with E-state index in [0.717, 1.165) is 32.7 Å². The zero-order chi connectivity index (χ0) is 21.1. The highest BCUT2D eigenvalue weighted by molar-refractivity contribution is 9.10. The van der Waals surface area contributed by atoms with E-state index in [0.29, 0.717) is 23.8 Å². The van der Waals surface area contributed by atoms with Crippen LogP contribution in [0.2, 0.25) is 5.02 Å². The van der Waals surface area contributed by atoms with Gasteiger partial charge in [-0.2, -0.15) is 9.61 Å². The number of fused-ring (bicyclic) bond motifs is 1. The third kappa shape index (κ3) is 4.47. The summed E-state index contributed by atoms with van der Waals surface area (Å²) in [7, 11) is 0. The lowest BCUT2D eigenvalue weighted by Gasteiger charge is -2.12. The molecule has 0 aliphatic heterocycles. The number of hydrogen-bond donors (Lipinski definition) is 2. The van der Waals surface area contributed by atoms with Crippen molar-refractivity contribution >= 4 is 44.9 Å². The van der Waals surface area contributed by atoms with Gasteiger partial charge in [-0.15, -0.1) is 0 Å². The number of benzene rings is 2. The maximum atomic E-state index is 11.2. The second-order valence-corrected chi connectivity index (χ2v) is 8.08. The number of rotatable bonds is 6. The zero-order valence-corrected chi connectivity index (χ0v) is 18.5. The molecule has 0 spiro atoms. The molecule has 0 bridgehead atoms. The fraction of sp³-hybridized carbons (Fsp3) is 0.136. The second-order valence-electron chi connectivity index (χ2n) is 6.82. The molecule has 8 heteroatoms. The standard InChI is InChI=1S/C22H19BrClN5O/c1-14(30)25-11-15-5-4-6-16(9-15)12-26-21-10-20(17-7-2-3-8-19(17)24)28-22-18(23)13-27-29(21)22/h2-10,13,26H,11-12H2,1H3,(H,25,30). The van der Waals surface area contributed by atoms with Gasteiger partial charge in [0.1, 0.15) is 5.82 Å². The maximum absolute atomic E-state index is 11.2. The highest BCUT2D eigenvalue weighted by Crippen LogP contribution is 2.30. The van der Waals surface area contributed by atoms with E-state index < -0.39 is 0 Å². The summed E-state index contributed by atoms with van der Waals surface area (Å²) in [6, 6.07) is 17.6. The van der Waals surface area contributed by atoms with E-state index in [2.05, 4.69) is 37.7 Å². The molecule has 4 aromatic rings. The number of halogens is 2. The van der Waals surface area contributed by atoms with E-state index in [1.54, 1.807) is 10.7 Å². The van der Waals surface area contributed by atoms with Gasteiger partial charge in [0, 0.05) is 36.7 Å². The molecule has 2 aromatic heterocycles. The summed E-state index contributed by atoms with van der Waals surface area (Å²) in [5.41, 5.74) is 4.46. The van der Waals surface area contributed by atoms with Gasteiger partial charge in [-0.05, 0) is 33.1 Å². The van der Waals surface area contributed by atoms with Crippen molar-refractivity contribution < 1.29 is 4.79 Å². The smallest absolute Gasteiger partial charge is 0.217 e. The quantitative estimate of drug-likeness (QED) is 0.401. The van der Waals surface area contributed by atoms with Crippen LogP contribution in [0.5, 0.6) is 0 Å². The molecule has 2 N–H and O–H groups in total. The Balaban J connectivity index is 1.64. The van der Waals surface area contributed by atoms with Crippen LogP contribution >= 0.6 is 27.5 Å². The van der Waals surface area contributed by atoms with E-state index >= 15 is 0 Å². The minimum atomic E-state index is -0.0472. The van der Waals surface area contributed by atoms with Crippen LogP contribution in [0.3, 0.4) is 0 Å². The Hall–Kier alpha value is -2.90. The molecule has 0 unspecified atom stereocenters. The Morgan fingerprint density at radius 2 is 1.87 bits per heavy atom. The van der Waals surface area contributed by atoms with Crippen molar-refractivity contribution in [3.8, 4) is 11.3 Å². The summed E-state index contributed by atoms with van der Waals surface area (Å²) in [5, 5.41) is 11.3. The van der Waals surface area contributed by atoms with Crippen molar-refractivity contribution in [3.05, 3.63) is 81.4 Å². The van der Waals surface area contributed by atoms with Crippen molar-refractivity contribution in [3.63, 3.8) is 0 Å². The Kier molecular flexibility index (Phi) is 6.01. The van der Waals surface area contributed by atoms with E-state index in [1.807, 2.05) is 48.5 Å². The van der Waals surface area contributed by atoms with Crippen LogP contribution in [-0.4, -0.2) is 20.5 Å². The molecule has 152 valence electrons. The minimum Gasteiger partial charge on any atom is -0.366 e. The van der Waals surface area contributed by atoms with Crippen LogP contribution in [0.4, 0.5) is 5.82 Å². The second kappa shape index (κ2) is 8.85. The first-order chi connectivity index (χ1) is 14.5. The van der Waals surface area contributed by atoms with Crippen molar-refractivity contribution in [2.75, 3.05) is 5.32 Å². The van der Waals surface area contributed by atoms with Gasteiger partial charge < -0.3 is 10.6 Å². The predicted octanol–water partition coefficient (Wildman–Crippen LogP) is 5.06. The Morgan fingerprint density at radius 1 is 1.10 bits per heavy atom. The number of anilines is 1. The Labute approximate surface area is 187 Å². The van der Waals surface area contributed by atoms with E-state index in [4.69, 9.17) is 16.6 Å². The number of amides is 1. The fourth-order valence-corrected chi connectivity index (χ4v) is 3.72. The van der Waals surface area contributed by atoms with Crippen molar-refractivity contribution in [2.45, 2.75) is 20.0 Å². The van der Waals surface area contributed by atoms with Gasteiger partial charge in [0.25, 0.3) is 0 Å². The number of carbonyl (C=O) groups excluding carboxylic acids is 1. The van der Waals surface area contributed by atoms with Crippen LogP contribution in [0, 0.1) is 0 Å². The lowest BCUT2D eigenvalue weighted by molar-refractivity contribution is -0.119. The predicted molar refractivity (Wildman–Crippen MR) is 122 cm³/mol. The van der Waals surface area contributed by atoms with E-state index in [9.17, 15) is 4.79 Å². The lowest BCUT2D eigenvalue weighted by atomic mass is 10.1.